The summed E-state index contributed by atoms with van der Waals surface area (Å²) in [5, 5.41) is 0. The molecule has 0 aromatic carbocycles. The first-order valence-electron chi connectivity index (χ1n) is 4.00. The minimum atomic E-state index is -0.591. The molecule has 68 valence electrons. The number of rotatable bonds is 2. The summed E-state index contributed by atoms with van der Waals surface area (Å²) < 4.78 is 4.61. The lowest BCUT2D eigenvalue weighted by atomic mass is 10.0. The van der Waals surface area contributed by atoms with E-state index in [1.54, 1.807) is 13.8 Å². The Kier molecular flexibility index (Phi) is 4.38. The van der Waals surface area contributed by atoms with Crippen molar-refractivity contribution in [3.05, 3.63) is 0 Å². The minimum absolute atomic E-state index is 0.348. The first kappa shape index (κ1) is 11.0. The first-order chi connectivity index (χ1) is 5.52. The molecule has 0 amide bonds. The number of hydrogen-bond acceptors (Lipinski definition) is 3. The van der Waals surface area contributed by atoms with Crippen molar-refractivity contribution in [2.24, 2.45) is 5.73 Å². The number of ether oxygens (including phenoxy) is 1. The van der Waals surface area contributed by atoms with Gasteiger partial charge in [0.15, 0.2) is 0 Å². The van der Waals surface area contributed by atoms with Gasteiger partial charge in [0, 0.05) is 5.92 Å². The summed E-state index contributed by atoms with van der Waals surface area (Å²) in [5.41, 5.74) is 5.09. The van der Waals surface area contributed by atoms with Crippen molar-refractivity contribution >= 4 is 5.97 Å². The van der Waals surface area contributed by atoms with Crippen LogP contribution in [0.2, 0.25) is 0 Å². The lowest BCUT2D eigenvalue weighted by Gasteiger charge is -2.12. The van der Waals surface area contributed by atoms with E-state index in [1.165, 1.54) is 0 Å². The van der Waals surface area contributed by atoms with Crippen molar-refractivity contribution in [1.82, 2.24) is 0 Å². The molecule has 0 aliphatic heterocycles. The molecule has 0 aromatic rings. The van der Waals surface area contributed by atoms with Gasteiger partial charge in [-0.05, 0) is 20.3 Å². The van der Waals surface area contributed by atoms with Gasteiger partial charge in [-0.15, -0.1) is 0 Å². The Morgan fingerprint density at radius 2 is 2.17 bits per heavy atom. The fraction of sp³-hybridized carbons (Fsp3) is 0.667. The Morgan fingerprint density at radius 3 is 2.58 bits per heavy atom. The van der Waals surface area contributed by atoms with Crippen molar-refractivity contribution in [3.8, 4) is 11.8 Å². The lowest BCUT2D eigenvalue weighted by molar-refractivity contribution is -0.136. The highest BCUT2D eigenvalue weighted by molar-refractivity contribution is 5.88. The second kappa shape index (κ2) is 4.78. The highest BCUT2D eigenvalue weighted by Crippen LogP contribution is 2.00. The van der Waals surface area contributed by atoms with E-state index < -0.39 is 11.5 Å². The van der Waals surface area contributed by atoms with Gasteiger partial charge in [0.25, 0.3) is 0 Å². The predicted molar refractivity (Wildman–Crippen MR) is 47.3 cm³/mol. The third kappa shape index (κ3) is 4.75. The number of carbonyl (C=O) groups excluding carboxylic acids is 1. The number of esters is 1. The molecule has 0 saturated carbocycles. The van der Waals surface area contributed by atoms with Crippen LogP contribution in [0.15, 0.2) is 0 Å². The van der Waals surface area contributed by atoms with Gasteiger partial charge in [-0.3, -0.25) is 0 Å². The molecule has 0 aliphatic carbocycles. The topological polar surface area (TPSA) is 52.3 Å². The normalized spacial score (nSPS) is 14.0. The van der Waals surface area contributed by atoms with E-state index in [0.717, 1.165) is 0 Å². The Balaban J connectivity index is 4.11. The smallest absolute Gasteiger partial charge is 0.384 e. The van der Waals surface area contributed by atoms with E-state index in [1.807, 2.05) is 6.92 Å². The summed E-state index contributed by atoms with van der Waals surface area (Å²) in [6.45, 7) is 5.78. The molecule has 3 nitrogen and oxygen atoms in total. The summed E-state index contributed by atoms with van der Waals surface area (Å²) in [6.07, 6.45) is 0.708. The van der Waals surface area contributed by atoms with Crippen LogP contribution in [0.1, 0.15) is 27.2 Å². The monoisotopic (exact) mass is 169 g/mol. The van der Waals surface area contributed by atoms with Crippen LogP contribution in [0.25, 0.3) is 0 Å². The summed E-state index contributed by atoms with van der Waals surface area (Å²) >= 11 is 0. The van der Waals surface area contributed by atoms with Gasteiger partial charge >= 0.3 is 5.97 Å². The molecule has 0 radical (unpaired) electrons. The second-order valence-electron chi connectivity index (χ2n) is 2.74. The van der Waals surface area contributed by atoms with Crippen LogP contribution in [0.4, 0.5) is 0 Å². The number of nitrogens with two attached hydrogens (primary N) is 1. The minimum Gasteiger partial charge on any atom is -0.456 e. The largest absolute Gasteiger partial charge is 0.456 e. The number of carbonyl (C=O) groups is 1. The zero-order chi connectivity index (χ0) is 9.61. The van der Waals surface area contributed by atoms with Gasteiger partial charge in [0.05, 0.1) is 12.1 Å². The Bertz CT molecular complexity index is 210. The van der Waals surface area contributed by atoms with E-state index >= 15 is 0 Å². The van der Waals surface area contributed by atoms with Crippen LogP contribution in [-0.4, -0.2) is 18.1 Å². The summed E-state index contributed by atoms with van der Waals surface area (Å²) in [7, 11) is 0. The highest BCUT2D eigenvalue weighted by atomic mass is 16.5. The maximum Gasteiger partial charge on any atom is 0.384 e. The van der Waals surface area contributed by atoms with Crippen molar-refractivity contribution in [3.63, 3.8) is 0 Å². The quantitative estimate of drug-likeness (QED) is 0.376. The van der Waals surface area contributed by atoms with Gasteiger partial charge in [0.1, 0.15) is 0 Å². The molecule has 0 heterocycles. The molecule has 0 bridgehead atoms. The molecule has 0 fully saturated rings. The molecular weight excluding hydrogens is 154 g/mol. The van der Waals surface area contributed by atoms with Crippen LogP contribution >= 0.6 is 0 Å². The summed E-state index contributed by atoms with van der Waals surface area (Å²) in [4.78, 5) is 10.8. The van der Waals surface area contributed by atoms with E-state index in [2.05, 4.69) is 16.6 Å². The maximum absolute atomic E-state index is 10.8. The fourth-order valence-electron chi connectivity index (χ4n) is 0.449. The summed E-state index contributed by atoms with van der Waals surface area (Å²) in [6, 6.07) is 0. The molecule has 0 saturated heterocycles. The predicted octanol–water partition coefficient (Wildman–Crippen LogP) is 0.680. The standard InChI is InChI=1S/C9H15NO2/c1-4-9(3,10)7-6-8(11)12-5-2/h4-5,10H2,1-3H3. The molecule has 0 aliphatic rings. The first-order valence-corrected chi connectivity index (χ1v) is 4.00. The molecule has 2 N–H and O–H groups in total. The molecule has 1 unspecified atom stereocenters. The van der Waals surface area contributed by atoms with Crippen LogP contribution < -0.4 is 5.73 Å². The Morgan fingerprint density at radius 1 is 1.58 bits per heavy atom. The second-order valence-corrected chi connectivity index (χ2v) is 2.74. The van der Waals surface area contributed by atoms with Crippen molar-refractivity contribution in [1.29, 1.82) is 0 Å². The van der Waals surface area contributed by atoms with Crippen LogP contribution in [0, 0.1) is 11.8 Å². The average Bonchev–Trinajstić information content (AvgIpc) is 2.02. The zero-order valence-corrected chi connectivity index (χ0v) is 7.81. The van der Waals surface area contributed by atoms with E-state index in [4.69, 9.17) is 5.73 Å². The molecule has 0 rings (SSSR count). The summed E-state index contributed by atoms with van der Waals surface area (Å²) in [5.74, 6) is 4.47. The highest BCUT2D eigenvalue weighted by Gasteiger charge is 2.10. The Labute approximate surface area is 73.3 Å². The van der Waals surface area contributed by atoms with Gasteiger partial charge in [-0.2, -0.15) is 0 Å². The molecule has 1 atom stereocenters. The van der Waals surface area contributed by atoms with Crippen molar-refractivity contribution in [2.45, 2.75) is 32.7 Å². The zero-order valence-electron chi connectivity index (χ0n) is 7.81. The maximum atomic E-state index is 10.8. The average molecular weight is 169 g/mol. The van der Waals surface area contributed by atoms with Gasteiger partial charge in [-0.1, -0.05) is 12.8 Å². The molecular formula is C9H15NO2. The van der Waals surface area contributed by atoms with Crippen LogP contribution in [-0.2, 0) is 9.53 Å². The fourth-order valence-corrected chi connectivity index (χ4v) is 0.449. The van der Waals surface area contributed by atoms with Crippen molar-refractivity contribution in [2.75, 3.05) is 6.61 Å². The van der Waals surface area contributed by atoms with Crippen LogP contribution in [0.5, 0.6) is 0 Å². The molecule has 3 heteroatoms. The van der Waals surface area contributed by atoms with Gasteiger partial charge in [-0.25, -0.2) is 4.79 Å². The molecule has 0 spiro atoms. The lowest BCUT2D eigenvalue weighted by Crippen LogP contribution is -2.33. The third-order valence-electron chi connectivity index (χ3n) is 1.46. The van der Waals surface area contributed by atoms with Gasteiger partial charge in [0.2, 0.25) is 0 Å². The number of hydrogen-bond donors (Lipinski definition) is 1. The van der Waals surface area contributed by atoms with Crippen LogP contribution in [0.3, 0.4) is 0 Å². The molecule has 0 aromatic heterocycles. The SMILES string of the molecule is CCOC(=O)C#CC(C)(N)CC. The Hall–Kier alpha value is -1.01. The van der Waals surface area contributed by atoms with E-state index in [9.17, 15) is 4.79 Å². The third-order valence-corrected chi connectivity index (χ3v) is 1.46. The van der Waals surface area contributed by atoms with Gasteiger partial charge < -0.3 is 10.5 Å². The van der Waals surface area contributed by atoms with Crippen molar-refractivity contribution < 1.29 is 9.53 Å². The molecule has 12 heavy (non-hydrogen) atoms. The van der Waals surface area contributed by atoms with E-state index in [-0.39, 0.29) is 0 Å². The van der Waals surface area contributed by atoms with E-state index in [0.29, 0.717) is 13.0 Å².